The number of nitrogens with one attached hydrogen (secondary N) is 1. The molecule has 1 aromatic carbocycles. The van der Waals surface area contributed by atoms with Gasteiger partial charge in [0.2, 0.25) is 0 Å². The minimum absolute atomic E-state index is 0.190. The van der Waals surface area contributed by atoms with Crippen molar-refractivity contribution in [2.45, 2.75) is 6.10 Å². The number of benzene rings is 1. The van der Waals surface area contributed by atoms with Crippen molar-refractivity contribution in [3.63, 3.8) is 0 Å². The van der Waals surface area contributed by atoms with Crippen LogP contribution in [-0.4, -0.2) is 55.7 Å². The second kappa shape index (κ2) is 8.02. The van der Waals surface area contributed by atoms with E-state index in [0.717, 1.165) is 13.1 Å². The van der Waals surface area contributed by atoms with Crippen molar-refractivity contribution in [2.24, 2.45) is 0 Å². The van der Waals surface area contributed by atoms with Crippen LogP contribution >= 0.6 is 23.2 Å². The van der Waals surface area contributed by atoms with E-state index >= 15 is 0 Å². The van der Waals surface area contributed by atoms with Crippen molar-refractivity contribution in [2.75, 3.05) is 39.5 Å². The number of halogens is 2. The van der Waals surface area contributed by atoms with Crippen molar-refractivity contribution in [1.82, 2.24) is 10.4 Å². The van der Waals surface area contributed by atoms with E-state index in [9.17, 15) is 5.11 Å². The van der Waals surface area contributed by atoms with Gasteiger partial charge in [0, 0.05) is 25.7 Å². The molecule has 0 saturated carbocycles. The van der Waals surface area contributed by atoms with Crippen LogP contribution < -0.4 is 10.2 Å². The molecular formula is C13H18Cl2N2O3. The first-order valence-electron chi connectivity index (χ1n) is 6.47. The molecule has 1 aromatic rings. The normalized spacial score (nSPS) is 17.9. The lowest BCUT2D eigenvalue weighted by molar-refractivity contribution is -0.000789. The molecule has 2 N–H and O–H groups in total. The third-order valence-corrected chi connectivity index (χ3v) is 3.63. The van der Waals surface area contributed by atoms with E-state index in [2.05, 4.69) is 5.43 Å². The van der Waals surface area contributed by atoms with Crippen molar-refractivity contribution >= 4 is 23.2 Å². The van der Waals surface area contributed by atoms with Crippen molar-refractivity contribution in [3.8, 4) is 5.75 Å². The summed E-state index contributed by atoms with van der Waals surface area (Å²) in [7, 11) is 0. The van der Waals surface area contributed by atoms with Crippen LogP contribution in [0.3, 0.4) is 0 Å². The number of aliphatic hydroxyl groups is 1. The molecule has 7 heteroatoms. The number of ether oxygens (including phenoxy) is 2. The monoisotopic (exact) mass is 320 g/mol. The smallest absolute Gasteiger partial charge is 0.121 e. The number of rotatable bonds is 6. The van der Waals surface area contributed by atoms with Gasteiger partial charge in [-0.05, 0) is 12.1 Å². The molecule has 0 aliphatic carbocycles. The van der Waals surface area contributed by atoms with Crippen molar-refractivity contribution < 1.29 is 14.6 Å². The maximum atomic E-state index is 9.86. The van der Waals surface area contributed by atoms with Crippen LogP contribution in [0.15, 0.2) is 18.2 Å². The molecule has 1 fully saturated rings. The molecule has 1 atom stereocenters. The average Bonchev–Trinajstić information content (AvgIpc) is 2.47. The Morgan fingerprint density at radius 3 is 2.75 bits per heavy atom. The molecule has 1 unspecified atom stereocenters. The molecule has 2 rings (SSSR count). The van der Waals surface area contributed by atoms with Gasteiger partial charge in [0.1, 0.15) is 18.5 Å². The van der Waals surface area contributed by atoms with Gasteiger partial charge >= 0.3 is 0 Å². The predicted molar refractivity (Wildman–Crippen MR) is 78.4 cm³/mol. The zero-order valence-electron chi connectivity index (χ0n) is 11.0. The molecule has 0 radical (unpaired) electrons. The molecule has 112 valence electrons. The summed E-state index contributed by atoms with van der Waals surface area (Å²) in [6, 6.07) is 5.01. The first kappa shape index (κ1) is 15.8. The van der Waals surface area contributed by atoms with E-state index in [4.69, 9.17) is 32.7 Å². The highest BCUT2D eigenvalue weighted by Crippen LogP contribution is 2.26. The van der Waals surface area contributed by atoms with Crippen molar-refractivity contribution in [3.05, 3.63) is 28.2 Å². The highest BCUT2D eigenvalue weighted by molar-refractivity contribution is 6.42. The molecule has 0 spiro atoms. The van der Waals surface area contributed by atoms with Gasteiger partial charge in [-0.1, -0.05) is 23.2 Å². The van der Waals surface area contributed by atoms with Crippen LogP contribution in [0.2, 0.25) is 10.0 Å². The SMILES string of the molecule is OC(CNN1CCOCC1)COc1ccc(Cl)c(Cl)c1. The van der Waals surface area contributed by atoms with Gasteiger partial charge in [0.15, 0.2) is 0 Å². The van der Waals surface area contributed by atoms with Gasteiger partial charge in [-0.25, -0.2) is 5.01 Å². The molecule has 0 amide bonds. The minimum atomic E-state index is -0.604. The summed E-state index contributed by atoms with van der Waals surface area (Å²) in [5.41, 5.74) is 3.15. The van der Waals surface area contributed by atoms with Gasteiger partial charge in [-0.3, -0.25) is 5.43 Å². The summed E-state index contributed by atoms with van der Waals surface area (Å²) in [4.78, 5) is 0. The maximum Gasteiger partial charge on any atom is 0.121 e. The Morgan fingerprint density at radius 2 is 2.05 bits per heavy atom. The standard InChI is InChI=1S/C13H18Cl2N2O3/c14-12-2-1-11(7-13(12)15)20-9-10(18)8-16-17-3-5-19-6-4-17/h1-2,7,10,16,18H,3-6,8-9H2. The molecule has 1 saturated heterocycles. The summed E-state index contributed by atoms with van der Waals surface area (Å²) < 4.78 is 10.7. The van der Waals surface area contributed by atoms with Gasteiger partial charge < -0.3 is 14.6 Å². The van der Waals surface area contributed by atoms with E-state index in [0.29, 0.717) is 35.6 Å². The number of hydrogen-bond donors (Lipinski definition) is 2. The fraction of sp³-hybridized carbons (Fsp3) is 0.538. The number of hydrazine groups is 1. The van der Waals surface area contributed by atoms with Crippen LogP contribution in [-0.2, 0) is 4.74 Å². The quantitative estimate of drug-likeness (QED) is 0.833. The molecule has 0 bridgehead atoms. The lowest BCUT2D eigenvalue weighted by Gasteiger charge is -2.28. The highest BCUT2D eigenvalue weighted by atomic mass is 35.5. The van der Waals surface area contributed by atoms with Crippen LogP contribution in [0.4, 0.5) is 0 Å². The molecule has 1 aliphatic heterocycles. The zero-order valence-corrected chi connectivity index (χ0v) is 12.5. The average molecular weight is 321 g/mol. The fourth-order valence-corrected chi connectivity index (χ4v) is 2.06. The minimum Gasteiger partial charge on any atom is -0.491 e. The van der Waals surface area contributed by atoms with Gasteiger partial charge in [0.25, 0.3) is 0 Å². The number of hydrogen-bond acceptors (Lipinski definition) is 5. The summed E-state index contributed by atoms with van der Waals surface area (Å²) in [6.07, 6.45) is -0.604. The summed E-state index contributed by atoms with van der Waals surface area (Å²) in [6.45, 7) is 3.68. The third-order valence-electron chi connectivity index (χ3n) is 2.90. The first-order valence-corrected chi connectivity index (χ1v) is 7.23. The number of nitrogens with zero attached hydrogens (tertiary/aromatic N) is 1. The van der Waals surface area contributed by atoms with E-state index in [1.165, 1.54) is 0 Å². The Hall–Kier alpha value is -0.560. The highest BCUT2D eigenvalue weighted by Gasteiger charge is 2.12. The first-order chi connectivity index (χ1) is 9.65. The summed E-state index contributed by atoms with van der Waals surface area (Å²) in [5.74, 6) is 0.588. The van der Waals surface area contributed by atoms with E-state index in [1.54, 1.807) is 18.2 Å². The largest absolute Gasteiger partial charge is 0.491 e. The van der Waals surface area contributed by atoms with Crippen LogP contribution in [0.1, 0.15) is 0 Å². The van der Waals surface area contributed by atoms with Crippen LogP contribution in [0.25, 0.3) is 0 Å². The van der Waals surface area contributed by atoms with E-state index < -0.39 is 6.10 Å². The molecule has 5 nitrogen and oxygen atoms in total. The Balaban J connectivity index is 1.68. The second-order valence-corrected chi connectivity index (χ2v) is 5.32. The lowest BCUT2D eigenvalue weighted by Crippen LogP contribution is -2.48. The number of aliphatic hydroxyl groups excluding tert-OH is 1. The molecule has 0 aromatic heterocycles. The fourth-order valence-electron chi connectivity index (χ4n) is 1.77. The van der Waals surface area contributed by atoms with Crippen LogP contribution in [0, 0.1) is 0 Å². The maximum absolute atomic E-state index is 9.86. The van der Waals surface area contributed by atoms with Crippen molar-refractivity contribution in [1.29, 1.82) is 0 Å². The molecule has 1 heterocycles. The number of morpholine rings is 1. The second-order valence-electron chi connectivity index (χ2n) is 4.50. The van der Waals surface area contributed by atoms with Gasteiger partial charge in [-0.2, -0.15) is 0 Å². The molecule has 1 aliphatic rings. The van der Waals surface area contributed by atoms with E-state index in [1.807, 2.05) is 5.01 Å². The summed E-state index contributed by atoms with van der Waals surface area (Å²) in [5, 5.41) is 12.8. The Bertz CT molecular complexity index is 428. The Morgan fingerprint density at radius 1 is 1.30 bits per heavy atom. The van der Waals surface area contributed by atoms with Gasteiger partial charge in [-0.15, -0.1) is 0 Å². The molecular weight excluding hydrogens is 303 g/mol. The third kappa shape index (κ3) is 5.09. The van der Waals surface area contributed by atoms with Crippen LogP contribution in [0.5, 0.6) is 5.75 Å². The van der Waals surface area contributed by atoms with E-state index in [-0.39, 0.29) is 6.61 Å². The Labute approximate surface area is 128 Å². The summed E-state index contributed by atoms with van der Waals surface area (Å²) >= 11 is 11.7. The lowest BCUT2D eigenvalue weighted by atomic mass is 10.3. The van der Waals surface area contributed by atoms with Gasteiger partial charge in [0.05, 0.1) is 23.3 Å². The Kier molecular flexibility index (Phi) is 6.35. The predicted octanol–water partition coefficient (Wildman–Crippen LogP) is 1.57. The zero-order chi connectivity index (χ0) is 14.4. The topological polar surface area (TPSA) is 54.0 Å². The molecule has 20 heavy (non-hydrogen) atoms.